The van der Waals surface area contributed by atoms with Gasteiger partial charge in [0.15, 0.2) is 0 Å². The molecule has 0 aliphatic carbocycles. The van der Waals surface area contributed by atoms with Crippen molar-refractivity contribution in [3.8, 4) is 0 Å². The molecule has 0 spiro atoms. The van der Waals surface area contributed by atoms with Crippen LogP contribution in [0.25, 0.3) is 0 Å². The third kappa shape index (κ3) is 3.38. The molecule has 2 nitrogen and oxygen atoms in total. The average Bonchev–Trinajstić information content (AvgIpc) is 2.31. The molecular weight excluding hydrogens is 432 g/mol. The highest BCUT2D eigenvalue weighted by Gasteiger charge is 2.93. The predicted octanol–water partition coefficient (Wildman–Crippen LogP) is 4.79. The van der Waals surface area contributed by atoms with Gasteiger partial charge in [-0.2, -0.15) is 65.9 Å². The summed E-state index contributed by atoms with van der Waals surface area (Å²) in [5, 5.41) is 0. The fourth-order valence-corrected chi connectivity index (χ4v) is 1.25. The van der Waals surface area contributed by atoms with E-state index >= 15 is 0 Å². The average molecular weight is 432 g/mol. The molecule has 0 fully saturated rings. The monoisotopic (exact) mass is 432 g/mol. The van der Waals surface area contributed by atoms with E-state index in [1.807, 2.05) is 0 Å². The Morgan fingerprint density at radius 2 is 0.846 bits per heavy atom. The molecule has 18 heteroatoms. The number of halogens is 16. The summed E-state index contributed by atoms with van der Waals surface area (Å²) < 4.78 is 200. The Balaban J connectivity index is 7.01. The molecule has 0 saturated heterocycles. The minimum Gasteiger partial charge on any atom is -0.282 e. The van der Waals surface area contributed by atoms with Crippen molar-refractivity contribution in [3.05, 3.63) is 0 Å². The number of ether oxygens (including phenoxy) is 1. The Kier molecular flexibility index (Phi) is 5.67. The first-order valence-electron chi connectivity index (χ1n) is 5.14. The van der Waals surface area contributed by atoms with Crippen molar-refractivity contribution >= 4 is 6.04 Å². The molecule has 0 amide bonds. The first kappa shape index (κ1) is 24.5. The van der Waals surface area contributed by atoms with Crippen LogP contribution in [0.4, 0.5) is 70.2 Å². The van der Waals surface area contributed by atoms with Gasteiger partial charge in [-0.15, -0.1) is 0 Å². The number of hydrogen-bond acceptors (Lipinski definition) is 2. The van der Waals surface area contributed by atoms with Gasteiger partial charge in [-0.05, 0) is 0 Å². The zero-order valence-corrected chi connectivity index (χ0v) is 10.9. The van der Waals surface area contributed by atoms with Gasteiger partial charge in [0, 0.05) is 0 Å². The summed E-state index contributed by atoms with van der Waals surface area (Å²) in [6, 6.07) is -4.84. The second-order valence-electron chi connectivity index (χ2n) is 4.22. The maximum atomic E-state index is 13.5. The van der Waals surface area contributed by atoms with E-state index in [0.29, 0.717) is 0 Å². The molecule has 0 radical (unpaired) electrons. The van der Waals surface area contributed by atoms with Crippen molar-refractivity contribution in [2.75, 3.05) is 0 Å². The van der Waals surface area contributed by atoms with E-state index in [1.165, 1.54) is 4.74 Å². The maximum absolute atomic E-state index is 13.5. The number of alkyl halides is 15. The Morgan fingerprint density at radius 1 is 0.538 bits per heavy atom. The lowest BCUT2D eigenvalue weighted by Gasteiger charge is -2.43. The van der Waals surface area contributed by atoms with Crippen molar-refractivity contribution in [2.45, 2.75) is 42.1 Å². The molecule has 0 rings (SSSR count). The van der Waals surface area contributed by atoms with Crippen LogP contribution in [0.1, 0.15) is 0 Å². The zero-order valence-electron chi connectivity index (χ0n) is 10.9. The number of hydrogen-bond donors (Lipinski definition) is 0. The van der Waals surface area contributed by atoms with E-state index in [2.05, 4.69) is 0 Å². The van der Waals surface area contributed by atoms with Crippen molar-refractivity contribution in [2.24, 2.45) is 0 Å². The molecular formula is C8F16O2. The van der Waals surface area contributed by atoms with Crippen LogP contribution in [0.3, 0.4) is 0 Å². The van der Waals surface area contributed by atoms with E-state index in [0.717, 1.165) is 0 Å². The third-order valence-corrected chi connectivity index (χ3v) is 2.49. The van der Waals surface area contributed by atoms with E-state index in [4.69, 9.17) is 0 Å². The normalized spacial score (nSPS) is 19.7. The molecule has 26 heavy (non-hydrogen) atoms. The third-order valence-electron chi connectivity index (χ3n) is 2.49. The van der Waals surface area contributed by atoms with Gasteiger partial charge < -0.3 is 0 Å². The van der Waals surface area contributed by atoms with Gasteiger partial charge in [-0.3, -0.25) is 9.53 Å². The van der Waals surface area contributed by atoms with Gasteiger partial charge in [-0.1, -0.05) is 0 Å². The standard InChI is InChI=1S/C8F16O2/c9-1(25)2(10,5(13,14)15)26-4(12,8(22,23)24)3(11,6(16,17)18)7(19,20)21. The highest BCUT2D eigenvalue weighted by molar-refractivity contribution is 5.77. The Bertz CT molecular complexity index is 524. The number of rotatable bonds is 4. The van der Waals surface area contributed by atoms with E-state index < -0.39 is 48.1 Å². The first-order valence-corrected chi connectivity index (χ1v) is 5.14. The van der Waals surface area contributed by atoms with E-state index in [1.54, 1.807) is 0 Å². The molecule has 2 atom stereocenters. The molecule has 2 unspecified atom stereocenters. The van der Waals surface area contributed by atoms with Gasteiger partial charge in [-0.25, -0.2) is 4.39 Å². The van der Waals surface area contributed by atoms with Crippen LogP contribution in [-0.2, 0) is 9.53 Å². The minimum absolute atomic E-state index is 1.31. The molecule has 0 bridgehead atoms. The summed E-state index contributed by atoms with van der Waals surface area (Å²) >= 11 is 0. The van der Waals surface area contributed by atoms with Gasteiger partial charge in [0.1, 0.15) is 0 Å². The summed E-state index contributed by atoms with van der Waals surface area (Å²) in [6.07, 6.45) is -31.7. The lowest BCUT2D eigenvalue weighted by atomic mass is 9.93. The molecule has 0 aromatic rings. The summed E-state index contributed by atoms with van der Waals surface area (Å²) in [5.41, 5.74) is -8.40. The van der Waals surface area contributed by atoms with Crippen LogP contribution in [0.5, 0.6) is 0 Å². The lowest BCUT2D eigenvalue weighted by molar-refractivity contribution is -0.503. The van der Waals surface area contributed by atoms with E-state index in [-0.39, 0.29) is 0 Å². The molecule has 0 heterocycles. The van der Waals surface area contributed by atoms with Crippen molar-refractivity contribution in [1.29, 1.82) is 0 Å². The van der Waals surface area contributed by atoms with Crippen molar-refractivity contribution < 1.29 is 79.8 Å². The number of carbonyl (C=O) groups excluding carboxylic acids is 1. The molecule has 0 aromatic heterocycles. The maximum Gasteiger partial charge on any atom is 0.459 e. The summed E-state index contributed by atoms with van der Waals surface area (Å²) in [7, 11) is 0. The topological polar surface area (TPSA) is 26.3 Å². The largest absolute Gasteiger partial charge is 0.459 e. The molecule has 0 aromatic carbocycles. The Labute approximate surface area is 129 Å². The van der Waals surface area contributed by atoms with Crippen molar-refractivity contribution in [1.82, 2.24) is 0 Å². The molecule has 0 aliphatic heterocycles. The van der Waals surface area contributed by atoms with Crippen LogP contribution in [0.15, 0.2) is 0 Å². The van der Waals surface area contributed by atoms with Gasteiger partial charge in [0.2, 0.25) is 0 Å². The van der Waals surface area contributed by atoms with Gasteiger partial charge >= 0.3 is 48.1 Å². The van der Waals surface area contributed by atoms with Crippen LogP contribution in [0.2, 0.25) is 0 Å². The quantitative estimate of drug-likeness (QED) is 0.472. The second-order valence-corrected chi connectivity index (χ2v) is 4.22. The van der Waals surface area contributed by atoms with Crippen molar-refractivity contribution in [3.63, 3.8) is 0 Å². The summed E-state index contributed by atoms with van der Waals surface area (Å²) in [5.74, 6) is -15.7. The van der Waals surface area contributed by atoms with Gasteiger partial charge in [0.05, 0.1) is 0 Å². The minimum atomic E-state index is -8.40. The molecule has 156 valence electrons. The molecule has 0 saturated carbocycles. The zero-order chi connectivity index (χ0) is 21.8. The first-order chi connectivity index (χ1) is 10.9. The van der Waals surface area contributed by atoms with Crippen LogP contribution in [-0.4, -0.2) is 48.1 Å². The fraction of sp³-hybridized carbons (Fsp3) is 0.875. The smallest absolute Gasteiger partial charge is 0.282 e. The van der Waals surface area contributed by atoms with Crippen LogP contribution >= 0.6 is 0 Å². The van der Waals surface area contributed by atoms with Gasteiger partial charge in [0.25, 0.3) is 0 Å². The second kappa shape index (κ2) is 6.01. The Morgan fingerprint density at radius 3 is 1.00 bits per heavy atom. The highest BCUT2D eigenvalue weighted by Crippen LogP contribution is 2.61. The fourth-order valence-electron chi connectivity index (χ4n) is 1.25. The summed E-state index contributed by atoms with van der Waals surface area (Å²) in [6.45, 7) is 0. The van der Waals surface area contributed by atoms with Crippen LogP contribution < -0.4 is 0 Å². The summed E-state index contributed by atoms with van der Waals surface area (Å²) in [4.78, 5) is 9.84. The van der Waals surface area contributed by atoms with Crippen LogP contribution in [0, 0.1) is 0 Å². The number of carbonyl (C=O) groups is 1. The molecule has 0 aliphatic rings. The SMILES string of the molecule is O=C(F)C(F)(OC(F)(C(F)(F)F)C(F)(C(F)(F)F)C(F)(F)F)C(F)(F)F. The molecule has 0 N–H and O–H groups in total. The highest BCUT2D eigenvalue weighted by atomic mass is 19.4. The van der Waals surface area contributed by atoms with E-state index in [9.17, 15) is 75.0 Å². The Hall–Kier alpha value is -1.49. The lowest BCUT2D eigenvalue weighted by Crippen LogP contribution is -2.74. The predicted molar refractivity (Wildman–Crippen MR) is 42.9 cm³/mol.